The van der Waals surface area contributed by atoms with E-state index in [0.29, 0.717) is 35.2 Å². The largest absolute Gasteiger partial charge is 0.459 e. The van der Waals surface area contributed by atoms with Crippen molar-refractivity contribution in [3.05, 3.63) is 79.0 Å². The van der Waals surface area contributed by atoms with Crippen molar-refractivity contribution in [3.63, 3.8) is 0 Å². The highest BCUT2D eigenvalue weighted by Crippen LogP contribution is 2.47. The van der Waals surface area contributed by atoms with Crippen LogP contribution >= 0.6 is 27.3 Å². The van der Waals surface area contributed by atoms with Crippen LogP contribution in [0.1, 0.15) is 54.9 Å². The highest BCUT2D eigenvalue weighted by molar-refractivity contribution is 9.10. The summed E-state index contributed by atoms with van der Waals surface area (Å²) in [6, 6.07) is 8.63. The summed E-state index contributed by atoms with van der Waals surface area (Å²) in [4.78, 5) is 28.0. The molecule has 0 saturated carbocycles. The third kappa shape index (κ3) is 4.51. The van der Waals surface area contributed by atoms with Crippen LogP contribution in [0.25, 0.3) is 0 Å². The third-order valence-electron chi connectivity index (χ3n) is 6.69. The Hall–Kier alpha value is -2.29. The lowest BCUT2D eigenvalue weighted by molar-refractivity contribution is -0.142. The fourth-order valence-corrected chi connectivity index (χ4v) is 6.31. The molecule has 1 aliphatic carbocycles. The highest BCUT2D eigenvalue weighted by Gasteiger charge is 2.42. The molecule has 178 valence electrons. The Morgan fingerprint density at radius 1 is 1.32 bits per heavy atom. The zero-order chi connectivity index (χ0) is 23.8. The number of ketones is 1. The molecule has 5 nitrogen and oxygen atoms in total. The number of allylic oxidation sites excluding steroid dienone is 3. The van der Waals surface area contributed by atoms with E-state index in [1.165, 1.54) is 6.07 Å². The molecule has 0 unspecified atom stereocenters. The monoisotopic (exact) mass is 545 g/mol. The molecule has 3 aliphatic rings. The molecule has 3 atom stereocenters. The number of esters is 1. The number of nitrogens with one attached hydrogen (secondary N) is 1. The van der Waals surface area contributed by atoms with Gasteiger partial charge in [-0.3, -0.25) is 4.79 Å². The molecular weight excluding hydrogens is 521 g/mol. The van der Waals surface area contributed by atoms with Gasteiger partial charge in [-0.05, 0) is 55.8 Å². The highest BCUT2D eigenvalue weighted by atomic mass is 79.9. The molecule has 0 bridgehead atoms. The Balaban J connectivity index is 1.54. The van der Waals surface area contributed by atoms with Crippen LogP contribution in [0.15, 0.2) is 62.7 Å². The molecule has 1 fully saturated rings. The van der Waals surface area contributed by atoms with E-state index in [1.54, 1.807) is 30.4 Å². The number of ether oxygens (including phenoxy) is 2. The Morgan fingerprint density at radius 2 is 2.18 bits per heavy atom. The summed E-state index contributed by atoms with van der Waals surface area (Å²) in [6.07, 6.45) is 2.60. The van der Waals surface area contributed by atoms with Crippen LogP contribution in [0.4, 0.5) is 4.39 Å². The van der Waals surface area contributed by atoms with Gasteiger partial charge in [-0.1, -0.05) is 22.0 Å². The van der Waals surface area contributed by atoms with Crippen LogP contribution in [-0.2, 0) is 19.1 Å². The van der Waals surface area contributed by atoms with Gasteiger partial charge in [-0.15, -0.1) is 11.3 Å². The zero-order valence-electron chi connectivity index (χ0n) is 18.7. The van der Waals surface area contributed by atoms with Gasteiger partial charge in [0.2, 0.25) is 0 Å². The number of hydrogen-bond acceptors (Lipinski definition) is 6. The number of rotatable bonds is 5. The molecule has 0 amide bonds. The summed E-state index contributed by atoms with van der Waals surface area (Å²) in [7, 11) is 0. The van der Waals surface area contributed by atoms with Gasteiger partial charge in [0.15, 0.2) is 5.78 Å². The maximum Gasteiger partial charge on any atom is 0.336 e. The van der Waals surface area contributed by atoms with Gasteiger partial charge in [-0.2, -0.15) is 0 Å². The number of dihydropyridines is 1. The van der Waals surface area contributed by atoms with E-state index >= 15 is 4.39 Å². The van der Waals surface area contributed by atoms with E-state index in [1.807, 2.05) is 17.5 Å². The van der Waals surface area contributed by atoms with E-state index in [2.05, 4.69) is 21.2 Å². The quantitative estimate of drug-likeness (QED) is 0.486. The summed E-state index contributed by atoms with van der Waals surface area (Å²) in [5.74, 6) is -1.86. The van der Waals surface area contributed by atoms with E-state index < -0.39 is 17.7 Å². The minimum absolute atomic E-state index is 0.0626. The van der Waals surface area contributed by atoms with Gasteiger partial charge >= 0.3 is 5.97 Å². The normalized spacial score (nSPS) is 24.8. The predicted octanol–water partition coefficient (Wildman–Crippen LogP) is 5.73. The first kappa shape index (κ1) is 23.5. The minimum Gasteiger partial charge on any atom is -0.459 e. The minimum atomic E-state index is -0.831. The van der Waals surface area contributed by atoms with Gasteiger partial charge < -0.3 is 14.8 Å². The first-order valence-corrected chi connectivity index (χ1v) is 13.1. The van der Waals surface area contributed by atoms with Crippen molar-refractivity contribution in [1.82, 2.24) is 5.32 Å². The van der Waals surface area contributed by atoms with Crippen LogP contribution < -0.4 is 5.32 Å². The second-order valence-corrected chi connectivity index (χ2v) is 10.8. The smallest absolute Gasteiger partial charge is 0.336 e. The second-order valence-electron chi connectivity index (χ2n) is 8.93. The Bertz CT molecular complexity index is 1180. The first-order valence-electron chi connectivity index (χ1n) is 11.4. The molecule has 1 aromatic carbocycles. The average molecular weight is 546 g/mol. The zero-order valence-corrected chi connectivity index (χ0v) is 21.1. The van der Waals surface area contributed by atoms with Crippen molar-refractivity contribution >= 4 is 39.0 Å². The standard InChI is InChI=1S/C26H25BrFNO4S/c1-14-23(26(31)33-13-17-4-2-8-32-17)24(18-12-16(27)6-7-19(18)28)25-20(29-14)10-15(11-21(25)30)22-5-3-9-34-22/h3,5-7,9,12,15,17,24,29H,2,4,8,10-11,13H2,1H3/t15-,17-,24-/m0/s1. The number of Topliss-reactive ketones (excluding diaryl/α,β-unsaturated/α-hetero) is 1. The molecule has 2 aromatic rings. The van der Waals surface area contributed by atoms with Crippen molar-refractivity contribution in [2.24, 2.45) is 0 Å². The molecule has 3 heterocycles. The fraction of sp³-hybridized carbons (Fsp3) is 0.385. The van der Waals surface area contributed by atoms with Crippen LogP contribution in [0.2, 0.25) is 0 Å². The molecule has 34 heavy (non-hydrogen) atoms. The summed E-state index contributed by atoms with van der Waals surface area (Å²) in [5, 5.41) is 5.32. The second kappa shape index (κ2) is 9.76. The number of carbonyl (C=O) groups excluding carboxylic acids is 2. The van der Waals surface area contributed by atoms with E-state index in [4.69, 9.17) is 9.47 Å². The molecule has 1 aromatic heterocycles. The maximum absolute atomic E-state index is 15.2. The lowest BCUT2D eigenvalue weighted by Gasteiger charge is -2.36. The Morgan fingerprint density at radius 3 is 2.91 bits per heavy atom. The Labute approximate surface area is 210 Å². The van der Waals surface area contributed by atoms with Crippen molar-refractivity contribution in [2.45, 2.75) is 50.5 Å². The molecule has 2 aliphatic heterocycles. The predicted molar refractivity (Wildman–Crippen MR) is 131 cm³/mol. The number of benzene rings is 1. The molecule has 1 N–H and O–H groups in total. The van der Waals surface area contributed by atoms with Crippen LogP contribution in [-0.4, -0.2) is 31.1 Å². The van der Waals surface area contributed by atoms with E-state index in [9.17, 15) is 9.59 Å². The van der Waals surface area contributed by atoms with Gasteiger partial charge in [0, 0.05) is 50.8 Å². The van der Waals surface area contributed by atoms with Crippen molar-refractivity contribution in [3.8, 4) is 0 Å². The molecule has 8 heteroatoms. The van der Waals surface area contributed by atoms with Gasteiger partial charge in [0.25, 0.3) is 0 Å². The third-order valence-corrected chi connectivity index (χ3v) is 8.21. The topological polar surface area (TPSA) is 64.6 Å². The first-order chi connectivity index (χ1) is 16.4. The van der Waals surface area contributed by atoms with Crippen molar-refractivity contribution < 1.29 is 23.5 Å². The van der Waals surface area contributed by atoms with Gasteiger partial charge in [0.1, 0.15) is 12.4 Å². The van der Waals surface area contributed by atoms with Crippen molar-refractivity contribution in [1.29, 1.82) is 0 Å². The summed E-state index contributed by atoms with van der Waals surface area (Å²) >= 11 is 5.05. The van der Waals surface area contributed by atoms with Gasteiger partial charge in [0.05, 0.1) is 17.6 Å². The number of thiophene rings is 1. The summed E-state index contributed by atoms with van der Waals surface area (Å²) < 4.78 is 27.0. The van der Waals surface area contributed by atoms with Crippen LogP contribution in [0, 0.1) is 5.82 Å². The molecule has 0 spiro atoms. The lowest BCUT2D eigenvalue weighted by atomic mass is 9.72. The fourth-order valence-electron chi connectivity index (χ4n) is 5.10. The van der Waals surface area contributed by atoms with Crippen molar-refractivity contribution in [2.75, 3.05) is 13.2 Å². The molecular formula is C26H25BrFNO4S. The molecule has 0 radical (unpaired) electrons. The average Bonchev–Trinajstić information content (AvgIpc) is 3.52. The summed E-state index contributed by atoms with van der Waals surface area (Å²) in [5.41, 5.74) is 2.36. The van der Waals surface area contributed by atoms with E-state index in [0.717, 1.165) is 23.4 Å². The van der Waals surface area contributed by atoms with Gasteiger partial charge in [-0.25, -0.2) is 9.18 Å². The Kier molecular flexibility index (Phi) is 6.73. The van der Waals surface area contributed by atoms with E-state index in [-0.39, 0.29) is 35.5 Å². The van der Waals surface area contributed by atoms with Crippen LogP contribution in [0.5, 0.6) is 0 Å². The SMILES string of the molecule is CC1=C(C(=O)OC[C@@H]2CCCO2)[C@H](c2cc(Br)ccc2F)C2=C(C[C@H](c3cccs3)CC2=O)N1. The molecule has 5 rings (SSSR count). The maximum atomic E-state index is 15.2. The summed E-state index contributed by atoms with van der Waals surface area (Å²) in [6.45, 7) is 2.59. The van der Waals surface area contributed by atoms with Crippen LogP contribution in [0.3, 0.4) is 0 Å². The number of carbonyl (C=O) groups is 2. The number of halogens is 2. The lowest BCUT2D eigenvalue weighted by Crippen LogP contribution is -2.36. The molecule has 1 saturated heterocycles. The number of hydrogen-bond donors (Lipinski definition) is 1.